The molecule has 1 aromatic carbocycles. The Hall–Kier alpha value is -2.66. The van der Waals surface area contributed by atoms with E-state index in [1.54, 1.807) is 31.1 Å². The van der Waals surface area contributed by atoms with E-state index in [1.165, 1.54) is 18.2 Å². The fourth-order valence-corrected chi connectivity index (χ4v) is 1.95. The van der Waals surface area contributed by atoms with Gasteiger partial charge in [-0.2, -0.15) is 18.2 Å². The highest BCUT2D eigenvalue weighted by atomic mass is 19.4. The third kappa shape index (κ3) is 3.32. The molecule has 0 unspecified atom stereocenters. The fourth-order valence-electron chi connectivity index (χ4n) is 1.95. The Balaban J connectivity index is 2.57. The van der Waals surface area contributed by atoms with Crippen LogP contribution >= 0.6 is 0 Å². The lowest BCUT2D eigenvalue weighted by Crippen LogP contribution is -2.14. The van der Waals surface area contributed by atoms with E-state index in [2.05, 4.69) is 9.98 Å². The maximum absolute atomic E-state index is 12.9. The zero-order valence-corrected chi connectivity index (χ0v) is 11.8. The van der Waals surface area contributed by atoms with Gasteiger partial charge in [0.15, 0.2) is 0 Å². The predicted molar refractivity (Wildman–Crippen MR) is 76.8 cm³/mol. The molecule has 0 saturated heterocycles. The summed E-state index contributed by atoms with van der Waals surface area (Å²) < 4.78 is 38.6. The Bertz CT molecular complexity index is 718. The lowest BCUT2D eigenvalue weighted by molar-refractivity contribution is -0.137. The van der Waals surface area contributed by atoms with Gasteiger partial charge in [-0.1, -0.05) is 12.1 Å². The van der Waals surface area contributed by atoms with Gasteiger partial charge in [0, 0.05) is 25.9 Å². The first kappa shape index (κ1) is 15.7. The van der Waals surface area contributed by atoms with Crippen molar-refractivity contribution in [2.45, 2.75) is 6.18 Å². The van der Waals surface area contributed by atoms with E-state index in [4.69, 9.17) is 0 Å². The normalized spacial score (nSPS) is 11.0. The number of rotatable bonds is 3. The molecule has 0 bridgehead atoms. The lowest BCUT2D eigenvalue weighted by atomic mass is 10.0. The number of alkyl halides is 3. The number of halogens is 3. The minimum atomic E-state index is -4.46. The van der Waals surface area contributed by atoms with Crippen LogP contribution in [-0.2, 0) is 11.0 Å². The molecular weight excluding hydrogens is 295 g/mol. The van der Waals surface area contributed by atoms with E-state index in [9.17, 15) is 18.0 Å². The van der Waals surface area contributed by atoms with Crippen LogP contribution in [0.15, 0.2) is 41.5 Å². The van der Waals surface area contributed by atoms with Crippen LogP contribution in [0.2, 0.25) is 0 Å². The zero-order chi connectivity index (χ0) is 16.3. The van der Waals surface area contributed by atoms with E-state index >= 15 is 0 Å². The summed E-state index contributed by atoms with van der Waals surface area (Å²) in [4.78, 5) is 19.2. The highest BCUT2D eigenvalue weighted by Gasteiger charge is 2.32. The lowest BCUT2D eigenvalue weighted by Gasteiger charge is -2.18. The highest BCUT2D eigenvalue weighted by Crippen LogP contribution is 2.35. The van der Waals surface area contributed by atoms with Crippen LogP contribution in [0.25, 0.3) is 11.1 Å². The van der Waals surface area contributed by atoms with Crippen molar-refractivity contribution in [1.82, 2.24) is 4.98 Å². The Morgan fingerprint density at radius 1 is 1.18 bits per heavy atom. The van der Waals surface area contributed by atoms with Gasteiger partial charge in [0.1, 0.15) is 5.82 Å². The maximum atomic E-state index is 12.9. The average molecular weight is 307 g/mol. The molecule has 22 heavy (non-hydrogen) atoms. The van der Waals surface area contributed by atoms with E-state index in [0.717, 1.165) is 12.3 Å². The van der Waals surface area contributed by atoms with Gasteiger partial charge >= 0.3 is 6.18 Å². The second-order valence-electron chi connectivity index (χ2n) is 4.74. The second kappa shape index (κ2) is 5.99. The quantitative estimate of drug-likeness (QED) is 0.640. The molecule has 0 amide bonds. The number of anilines is 1. The Morgan fingerprint density at radius 3 is 2.32 bits per heavy atom. The number of hydrogen-bond acceptors (Lipinski definition) is 4. The number of isocyanates is 1. The molecule has 0 radical (unpaired) electrons. The van der Waals surface area contributed by atoms with Gasteiger partial charge in [0.2, 0.25) is 6.08 Å². The third-order valence-electron chi connectivity index (χ3n) is 2.97. The topological polar surface area (TPSA) is 45.6 Å². The summed E-state index contributed by atoms with van der Waals surface area (Å²) in [5, 5.41) is 0. The van der Waals surface area contributed by atoms with Crippen molar-refractivity contribution in [2.24, 2.45) is 4.99 Å². The van der Waals surface area contributed by atoms with Crippen molar-refractivity contribution in [3.8, 4) is 11.1 Å². The van der Waals surface area contributed by atoms with Crippen molar-refractivity contribution >= 4 is 17.6 Å². The number of nitrogens with zero attached hydrogens (tertiary/aromatic N) is 3. The van der Waals surface area contributed by atoms with Crippen LogP contribution in [0, 0.1) is 0 Å². The third-order valence-corrected chi connectivity index (χ3v) is 2.97. The molecule has 1 heterocycles. The summed E-state index contributed by atoms with van der Waals surface area (Å²) in [6.45, 7) is 0. The summed E-state index contributed by atoms with van der Waals surface area (Å²) in [6, 6.07) is 7.28. The highest BCUT2D eigenvalue weighted by molar-refractivity contribution is 5.77. The number of aromatic nitrogens is 1. The number of aliphatic imine (C=N–C) groups is 1. The smallest absolute Gasteiger partial charge is 0.362 e. The van der Waals surface area contributed by atoms with Gasteiger partial charge in [-0.15, -0.1) is 0 Å². The van der Waals surface area contributed by atoms with Gasteiger partial charge in [0.05, 0.1) is 11.3 Å². The summed E-state index contributed by atoms with van der Waals surface area (Å²) >= 11 is 0. The number of pyridine rings is 1. The molecule has 0 aliphatic heterocycles. The van der Waals surface area contributed by atoms with Crippen molar-refractivity contribution in [1.29, 1.82) is 0 Å². The molecule has 0 atom stereocenters. The van der Waals surface area contributed by atoms with Crippen LogP contribution in [0.5, 0.6) is 0 Å². The van der Waals surface area contributed by atoms with Gasteiger partial charge < -0.3 is 4.90 Å². The molecule has 0 aliphatic carbocycles. The van der Waals surface area contributed by atoms with Gasteiger partial charge in [0.25, 0.3) is 0 Å². The SMILES string of the molecule is CN(C)c1ncc(C(F)(F)F)cc1-c1ccc(N=C=O)cc1. The van der Waals surface area contributed by atoms with E-state index in [1.807, 2.05) is 0 Å². The van der Waals surface area contributed by atoms with Crippen LogP contribution < -0.4 is 4.90 Å². The van der Waals surface area contributed by atoms with Gasteiger partial charge in [-0.3, -0.25) is 0 Å². The van der Waals surface area contributed by atoms with Crippen molar-refractivity contribution in [3.63, 3.8) is 0 Å². The Kier molecular flexibility index (Phi) is 4.28. The summed E-state index contributed by atoms with van der Waals surface area (Å²) in [6.07, 6.45) is -2.25. The number of benzene rings is 1. The van der Waals surface area contributed by atoms with Crippen molar-refractivity contribution < 1.29 is 18.0 Å². The van der Waals surface area contributed by atoms with E-state index in [0.29, 0.717) is 22.6 Å². The van der Waals surface area contributed by atoms with Crippen LogP contribution in [0.1, 0.15) is 5.56 Å². The fraction of sp³-hybridized carbons (Fsp3) is 0.200. The number of hydrogen-bond donors (Lipinski definition) is 0. The molecule has 2 aromatic rings. The van der Waals surface area contributed by atoms with Crippen molar-refractivity contribution in [3.05, 3.63) is 42.1 Å². The van der Waals surface area contributed by atoms with E-state index in [-0.39, 0.29) is 0 Å². The molecule has 4 nitrogen and oxygen atoms in total. The summed E-state index contributed by atoms with van der Waals surface area (Å²) in [5.74, 6) is 0.416. The van der Waals surface area contributed by atoms with Crippen LogP contribution in [-0.4, -0.2) is 25.2 Å². The standard InChI is InChI=1S/C15H12F3N3O/c1-21(2)14-13(7-11(8-19-14)15(16,17)18)10-3-5-12(6-4-10)20-9-22/h3-8H,1-2H3. The first-order valence-electron chi connectivity index (χ1n) is 6.26. The molecule has 0 saturated carbocycles. The van der Waals surface area contributed by atoms with Gasteiger partial charge in [-0.25, -0.2) is 9.78 Å². The average Bonchev–Trinajstić information content (AvgIpc) is 2.47. The molecule has 7 heteroatoms. The molecule has 0 aliphatic rings. The monoisotopic (exact) mass is 307 g/mol. The zero-order valence-electron chi connectivity index (χ0n) is 11.8. The van der Waals surface area contributed by atoms with Crippen LogP contribution in [0.4, 0.5) is 24.7 Å². The Morgan fingerprint density at radius 2 is 1.82 bits per heavy atom. The van der Waals surface area contributed by atoms with Crippen molar-refractivity contribution in [2.75, 3.05) is 19.0 Å². The second-order valence-corrected chi connectivity index (χ2v) is 4.74. The molecule has 2 rings (SSSR count). The first-order valence-corrected chi connectivity index (χ1v) is 6.26. The maximum Gasteiger partial charge on any atom is 0.417 e. The predicted octanol–water partition coefficient (Wildman–Crippen LogP) is 3.80. The minimum absolute atomic E-state index is 0.349. The van der Waals surface area contributed by atoms with Gasteiger partial charge in [-0.05, 0) is 23.8 Å². The number of carbonyl (C=O) groups excluding carboxylic acids is 1. The van der Waals surface area contributed by atoms with Crippen LogP contribution in [0.3, 0.4) is 0 Å². The summed E-state index contributed by atoms with van der Waals surface area (Å²) in [7, 11) is 3.40. The molecular formula is C15H12F3N3O. The molecule has 0 N–H and O–H groups in total. The molecule has 1 aromatic heterocycles. The Labute approximate surface area is 124 Å². The largest absolute Gasteiger partial charge is 0.417 e. The molecule has 114 valence electrons. The summed E-state index contributed by atoms with van der Waals surface area (Å²) in [5.41, 5.74) is 0.460. The van der Waals surface area contributed by atoms with E-state index < -0.39 is 11.7 Å². The molecule has 0 spiro atoms. The first-order chi connectivity index (χ1) is 10.3. The minimum Gasteiger partial charge on any atom is -0.362 e. The molecule has 0 fully saturated rings.